The molecule has 0 aromatic carbocycles. The zero-order valence-electron chi connectivity index (χ0n) is 10.1. The normalized spacial score (nSPS) is 13.6. The van der Waals surface area contributed by atoms with Gasteiger partial charge in [0, 0.05) is 11.8 Å². The van der Waals surface area contributed by atoms with Crippen LogP contribution in [0, 0.1) is 6.92 Å². The number of nitrogens with zero attached hydrogens (tertiary/aromatic N) is 1. The summed E-state index contributed by atoms with van der Waals surface area (Å²) in [4.78, 5) is 40.0. The summed E-state index contributed by atoms with van der Waals surface area (Å²) in [6.07, 6.45) is 0.834. The number of aliphatic hydroxyl groups excluding tert-OH is 1. The molecule has 0 spiro atoms. The van der Waals surface area contributed by atoms with Gasteiger partial charge in [0.05, 0.1) is 17.9 Å². The van der Waals surface area contributed by atoms with Crippen LogP contribution in [0.15, 0.2) is 6.20 Å². The van der Waals surface area contributed by atoms with E-state index in [9.17, 15) is 19.3 Å². The van der Waals surface area contributed by atoms with Crippen LogP contribution in [0.1, 0.15) is 16.8 Å². The van der Waals surface area contributed by atoms with Crippen molar-refractivity contribution >= 4 is 15.2 Å². The number of aromatic nitrogens is 1. The number of rotatable bonds is 4. The van der Waals surface area contributed by atoms with E-state index in [1.165, 1.54) is 6.92 Å². The van der Waals surface area contributed by atoms with Crippen molar-refractivity contribution in [2.45, 2.75) is 18.6 Å². The molecule has 0 saturated carbocycles. The molecule has 1 aromatic heterocycles. The van der Waals surface area contributed by atoms with Gasteiger partial charge in [0.1, 0.15) is 5.75 Å². The largest absolute Gasteiger partial charge is 0.506 e. The van der Waals surface area contributed by atoms with Gasteiger partial charge in [-0.3, -0.25) is 14.1 Å². The molecule has 0 amide bonds. The predicted molar refractivity (Wildman–Crippen MR) is 64.5 cm³/mol. The van der Waals surface area contributed by atoms with Crippen LogP contribution in [-0.2, 0) is 20.8 Å². The van der Waals surface area contributed by atoms with Crippen molar-refractivity contribution in [3.05, 3.63) is 23.0 Å². The van der Waals surface area contributed by atoms with Crippen molar-refractivity contribution in [1.82, 2.24) is 4.98 Å². The number of aliphatic hydroxyl groups is 2. The molecule has 0 fully saturated rings. The molecule has 0 unspecified atom stereocenters. The van der Waals surface area contributed by atoms with E-state index in [0.29, 0.717) is 0 Å². The standard InChI is InChI=1S/C8H13NO9P2/c1-4-7(11)6(5(3-10)2-9-4)8(12,19(13,14)15)20(16,17)18/h2,10-12H,3H2,1H3,(H2,13,14,15)(H2,16,17,18). The predicted octanol–water partition coefficient (Wildman–Crippen LogP) is -0.954. The Bertz CT molecular complexity index is 597. The molecule has 20 heavy (non-hydrogen) atoms. The van der Waals surface area contributed by atoms with Gasteiger partial charge in [0.25, 0.3) is 5.08 Å². The summed E-state index contributed by atoms with van der Waals surface area (Å²) in [7, 11) is -11.6. The van der Waals surface area contributed by atoms with Crippen molar-refractivity contribution in [3.63, 3.8) is 0 Å². The summed E-state index contributed by atoms with van der Waals surface area (Å²) in [5, 5.41) is 24.8. The lowest BCUT2D eigenvalue weighted by Crippen LogP contribution is -2.28. The fourth-order valence-corrected chi connectivity index (χ4v) is 4.03. The van der Waals surface area contributed by atoms with Gasteiger partial charge in [-0.05, 0) is 6.92 Å². The van der Waals surface area contributed by atoms with E-state index in [-0.39, 0.29) is 5.69 Å². The maximum Gasteiger partial charge on any atom is 0.374 e. The highest BCUT2D eigenvalue weighted by atomic mass is 31.2. The molecule has 0 bridgehead atoms. The van der Waals surface area contributed by atoms with E-state index < -0.39 is 43.8 Å². The minimum atomic E-state index is -5.82. The average Bonchev–Trinajstić information content (AvgIpc) is 2.28. The van der Waals surface area contributed by atoms with Crippen molar-refractivity contribution < 1.29 is 44.0 Å². The fourth-order valence-electron chi connectivity index (χ4n) is 1.59. The number of aromatic hydroxyl groups is 1. The minimum Gasteiger partial charge on any atom is -0.506 e. The SMILES string of the molecule is Cc1ncc(CO)c(C(O)(P(=O)(O)O)P(=O)(O)O)c1O. The lowest BCUT2D eigenvalue weighted by atomic mass is 10.1. The smallest absolute Gasteiger partial charge is 0.374 e. The highest BCUT2D eigenvalue weighted by Gasteiger charge is 2.63. The van der Waals surface area contributed by atoms with Crippen LogP contribution >= 0.6 is 15.2 Å². The summed E-state index contributed by atoms with van der Waals surface area (Å²) < 4.78 is 22.7. The first kappa shape index (κ1) is 17.2. The first-order chi connectivity index (χ1) is 8.88. The third-order valence-corrected chi connectivity index (χ3v) is 6.27. The third-order valence-electron chi connectivity index (χ3n) is 2.63. The van der Waals surface area contributed by atoms with Crippen LogP contribution in [-0.4, -0.2) is 39.9 Å². The van der Waals surface area contributed by atoms with Gasteiger partial charge in [-0.2, -0.15) is 0 Å². The van der Waals surface area contributed by atoms with Gasteiger partial charge in [-0.1, -0.05) is 0 Å². The Labute approximate surface area is 112 Å². The van der Waals surface area contributed by atoms with E-state index in [2.05, 4.69) is 4.98 Å². The van der Waals surface area contributed by atoms with Crippen molar-refractivity contribution in [3.8, 4) is 5.75 Å². The van der Waals surface area contributed by atoms with E-state index in [0.717, 1.165) is 6.20 Å². The average molecular weight is 329 g/mol. The number of hydrogen-bond acceptors (Lipinski definition) is 6. The molecule has 0 saturated heterocycles. The number of hydrogen-bond donors (Lipinski definition) is 7. The molecular weight excluding hydrogens is 316 g/mol. The highest BCUT2D eigenvalue weighted by molar-refractivity contribution is 7.71. The first-order valence-electron chi connectivity index (χ1n) is 5.00. The van der Waals surface area contributed by atoms with E-state index in [1.54, 1.807) is 0 Å². The molecule has 0 aliphatic heterocycles. The lowest BCUT2D eigenvalue weighted by molar-refractivity contribution is 0.125. The Hall–Kier alpha value is -0.830. The molecule has 1 heterocycles. The molecule has 7 N–H and O–H groups in total. The van der Waals surface area contributed by atoms with Gasteiger partial charge < -0.3 is 34.9 Å². The lowest BCUT2D eigenvalue weighted by Gasteiger charge is -2.31. The van der Waals surface area contributed by atoms with Crippen LogP contribution in [0.2, 0.25) is 0 Å². The van der Waals surface area contributed by atoms with E-state index in [4.69, 9.17) is 24.7 Å². The Morgan fingerprint density at radius 1 is 1.20 bits per heavy atom. The molecular formula is C8H13NO9P2. The molecule has 1 rings (SSSR count). The molecule has 0 aliphatic carbocycles. The van der Waals surface area contributed by atoms with Gasteiger partial charge in [0.2, 0.25) is 0 Å². The van der Waals surface area contributed by atoms with Crippen LogP contribution < -0.4 is 0 Å². The Balaban J connectivity index is 3.91. The second kappa shape index (κ2) is 5.18. The van der Waals surface area contributed by atoms with E-state index >= 15 is 0 Å². The monoisotopic (exact) mass is 329 g/mol. The quantitative estimate of drug-likeness (QED) is 0.339. The summed E-state index contributed by atoms with van der Waals surface area (Å²) in [6.45, 7) is 0.220. The minimum absolute atomic E-state index is 0.238. The third kappa shape index (κ3) is 2.52. The highest BCUT2D eigenvalue weighted by Crippen LogP contribution is 2.74. The Morgan fingerprint density at radius 3 is 2.00 bits per heavy atom. The van der Waals surface area contributed by atoms with Gasteiger partial charge in [0.15, 0.2) is 0 Å². The summed E-state index contributed by atoms with van der Waals surface area (Å²) in [5.74, 6) is -1.02. The van der Waals surface area contributed by atoms with Crippen LogP contribution in [0.3, 0.4) is 0 Å². The molecule has 0 radical (unpaired) electrons. The molecule has 12 heteroatoms. The molecule has 1 aromatic rings. The molecule has 0 atom stereocenters. The summed E-state index contributed by atoms with van der Waals surface area (Å²) in [5.41, 5.74) is -1.91. The first-order valence-corrected chi connectivity index (χ1v) is 8.22. The van der Waals surface area contributed by atoms with Gasteiger partial charge in [-0.25, -0.2) is 0 Å². The molecule has 10 nitrogen and oxygen atoms in total. The number of pyridine rings is 1. The summed E-state index contributed by atoms with van der Waals surface area (Å²) >= 11 is 0. The van der Waals surface area contributed by atoms with Crippen LogP contribution in [0.4, 0.5) is 0 Å². The summed E-state index contributed by atoms with van der Waals surface area (Å²) in [6, 6.07) is 0. The van der Waals surface area contributed by atoms with Gasteiger partial charge >= 0.3 is 15.2 Å². The zero-order chi connectivity index (χ0) is 15.9. The Morgan fingerprint density at radius 2 is 1.65 bits per heavy atom. The van der Waals surface area contributed by atoms with Gasteiger partial charge in [-0.15, -0.1) is 0 Å². The van der Waals surface area contributed by atoms with Crippen LogP contribution in [0.5, 0.6) is 5.75 Å². The van der Waals surface area contributed by atoms with Crippen molar-refractivity contribution in [2.24, 2.45) is 0 Å². The molecule has 114 valence electrons. The maximum absolute atomic E-state index is 11.4. The number of aryl methyl sites for hydroxylation is 1. The van der Waals surface area contributed by atoms with E-state index in [1.807, 2.05) is 0 Å². The van der Waals surface area contributed by atoms with Crippen molar-refractivity contribution in [2.75, 3.05) is 0 Å². The topological polar surface area (TPSA) is 189 Å². The molecule has 0 aliphatic rings. The Kier molecular flexibility index (Phi) is 4.46. The fraction of sp³-hybridized carbons (Fsp3) is 0.375. The second-order valence-electron chi connectivity index (χ2n) is 3.97. The van der Waals surface area contributed by atoms with Crippen molar-refractivity contribution in [1.29, 1.82) is 0 Å². The zero-order valence-corrected chi connectivity index (χ0v) is 11.9. The maximum atomic E-state index is 11.4. The van der Waals surface area contributed by atoms with Crippen LogP contribution in [0.25, 0.3) is 0 Å². The second-order valence-corrected chi connectivity index (χ2v) is 7.80.